The molecule has 2 aromatic rings. The van der Waals surface area contributed by atoms with Gasteiger partial charge < -0.3 is 19.6 Å². The topological polar surface area (TPSA) is 71.7 Å². The number of carbonyl (C=O) groups is 1. The van der Waals surface area contributed by atoms with E-state index >= 15 is 0 Å². The van der Waals surface area contributed by atoms with Crippen LogP contribution in [0.2, 0.25) is 0 Å². The van der Waals surface area contributed by atoms with Gasteiger partial charge in [-0.25, -0.2) is 0 Å². The number of nitrogens with one attached hydrogen (secondary N) is 1. The monoisotopic (exact) mass is 323 g/mol. The number of thioether (sulfide) groups is 1. The normalized spacial score (nSPS) is 13.8. The number of amides is 1. The number of carbonyl (C=O) groups excluding carboxylic acids is 1. The van der Waals surface area contributed by atoms with Gasteiger partial charge in [-0.1, -0.05) is 12.1 Å². The Morgan fingerprint density at radius 2 is 2.27 bits per heavy atom. The Morgan fingerprint density at radius 1 is 1.50 bits per heavy atom. The number of para-hydroxylation sites is 1. The van der Waals surface area contributed by atoms with Gasteiger partial charge in [-0.05, 0) is 37.5 Å². The van der Waals surface area contributed by atoms with E-state index in [0.717, 1.165) is 11.1 Å². The third-order valence-corrected chi connectivity index (χ3v) is 4.04. The summed E-state index contributed by atoms with van der Waals surface area (Å²) in [5.41, 5.74) is -0.383. The molecule has 5 nitrogen and oxygen atoms in total. The number of rotatable bonds is 7. The minimum absolute atomic E-state index is 0.181. The van der Waals surface area contributed by atoms with Gasteiger partial charge in [0.2, 0.25) is 0 Å². The Balaban J connectivity index is 2.07. The maximum atomic E-state index is 12.2. The fourth-order valence-corrected chi connectivity index (χ4v) is 2.72. The first-order valence-electron chi connectivity index (χ1n) is 7.03. The molecule has 1 amide bonds. The van der Waals surface area contributed by atoms with E-state index in [1.807, 2.05) is 18.4 Å². The average Bonchev–Trinajstić information content (AvgIpc) is 2.94. The Morgan fingerprint density at radius 3 is 2.95 bits per heavy atom. The van der Waals surface area contributed by atoms with Gasteiger partial charge in [0.1, 0.15) is 0 Å². The second kappa shape index (κ2) is 7.07. The molecule has 0 aliphatic rings. The molecular weight excluding hydrogens is 302 g/mol. The molecule has 0 saturated heterocycles. The molecule has 0 fully saturated rings. The van der Waals surface area contributed by atoms with Gasteiger partial charge in [0, 0.05) is 11.9 Å². The van der Waals surface area contributed by atoms with E-state index in [0.29, 0.717) is 17.8 Å². The van der Waals surface area contributed by atoms with Crippen molar-refractivity contribution in [3.05, 3.63) is 30.0 Å². The second-order valence-corrected chi connectivity index (χ2v) is 6.40. The Hall–Kier alpha value is -1.66. The number of fused-ring (bicyclic) bond motifs is 1. The minimum atomic E-state index is -0.928. The molecule has 1 atom stereocenters. The summed E-state index contributed by atoms with van der Waals surface area (Å²) in [4.78, 5) is 12.2. The first-order valence-corrected chi connectivity index (χ1v) is 8.42. The summed E-state index contributed by atoms with van der Waals surface area (Å²) < 4.78 is 10.8. The lowest BCUT2D eigenvalue weighted by molar-refractivity contribution is 0.0521. The molecule has 1 heterocycles. The molecule has 6 heteroatoms. The van der Waals surface area contributed by atoms with Gasteiger partial charge in [-0.2, -0.15) is 11.8 Å². The lowest BCUT2D eigenvalue weighted by atomic mass is 10.0. The zero-order valence-electron chi connectivity index (χ0n) is 13.0. The van der Waals surface area contributed by atoms with Crippen LogP contribution < -0.4 is 10.1 Å². The lowest BCUT2D eigenvalue weighted by Gasteiger charge is -2.22. The zero-order chi connectivity index (χ0) is 16.2. The number of hydrogen-bond donors (Lipinski definition) is 2. The van der Waals surface area contributed by atoms with Gasteiger partial charge in [0.25, 0.3) is 5.91 Å². The first kappa shape index (κ1) is 16.7. The predicted octanol–water partition coefficient (Wildman–Crippen LogP) is 2.68. The molecule has 22 heavy (non-hydrogen) atoms. The molecular formula is C16H21NO4S. The van der Waals surface area contributed by atoms with E-state index < -0.39 is 5.60 Å². The van der Waals surface area contributed by atoms with Crippen LogP contribution in [0.1, 0.15) is 23.9 Å². The number of methoxy groups -OCH3 is 1. The van der Waals surface area contributed by atoms with Crippen molar-refractivity contribution in [2.24, 2.45) is 0 Å². The molecule has 0 saturated carbocycles. The van der Waals surface area contributed by atoms with Crippen LogP contribution in [-0.4, -0.2) is 42.3 Å². The number of furan rings is 1. The zero-order valence-corrected chi connectivity index (χ0v) is 13.8. The third-order valence-electron chi connectivity index (χ3n) is 3.43. The molecule has 120 valence electrons. The average molecular weight is 323 g/mol. The minimum Gasteiger partial charge on any atom is -0.493 e. The molecule has 0 aliphatic heterocycles. The highest BCUT2D eigenvalue weighted by atomic mass is 32.2. The third kappa shape index (κ3) is 3.96. The van der Waals surface area contributed by atoms with Crippen molar-refractivity contribution < 1.29 is 19.1 Å². The van der Waals surface area contributed by atoms with Crippen molar-refractivity contribution in [2.75, 3.05) is 25.7 Å². The van der Waals surface area contributed by atoms with E-state index in [1.165, 1.54) is 0 Å². The first-order chi connectivity index (χ1) is 10.5. The van der Waals surface area contributed by atoms with E-state index in [1.54, 1.807) is 37.9 Å². The van der Waals surface area contributed by atoms with Crippen molar-refractivity contribution in [3.63, 3.8) is 0 Å². The van der Waals surface area contributed by atoms with Crippen LogP contribution >= 0.6 is 11.8 Å². The molecule has 0 radical (unpaired) electrons. The van der Waals surface area contributed by atoms with E-state index in [-0.39, 0.29) is 18.2 Å². The summed E-state index contributed by atoms with van der Waals surface area (Å²) in [6, 6.07) is 7.14. The molecule has 0 aliphatic carbocycles. The molecule has 0 spiro atoms. The summed E-state index contributed by atoms with van der Waals surface area (Å²) in [7, 11) is 1.56. The summed E-state index contributed by atoms with van der Waals surface area (Å²) >= 11 is 1.66. The van der Waals surface area contributed by atoms with E-state index in [9.17, 15) is 9.90 Å². The van der Waals surface area contributed by atoms with Crippen LogP contribution in [-0.2, 0) is 0 Å². The van der Waals surface area contributed by atoms with Gasteiger partial charge in [0.15, 0.2) is 17.1 Å². The van der Waals surface area contributed by atoms with Crippen LogP contribution in [0, 0.1) is 0 Å². The van der Waals surface area contributed by atoms with Crippen molar-refractivity contribution in [2.45, 2.75) is 18.9 Å². The number of benzene rings is 1. The fourth-order valence-electron chi connectivity index (χ4n) is 2.08. The van der Waals surface area contributed by atoms with E-state index in [4.69, 9.17) is 9.15 Å². The number of hydrogen-bond acceptors (Lipinski definition) is 5. The van der Waals surface area contributed by atoms with Crippen LogP contribution in [0.25, 0.3) is 11.0 Å². The summed E-state index contributed by atoms with van der Waals surface area (Å²) in [5, 5.41) is 13.7. The molecule has 0 unspecified atom stereocenters. The molecule has 0 bridgehead atoms. The number of aliphatic hydroxyl groups is 1. The largest absolute Gasteiger partial charge is 0.493 e. The quantitative estimate of drug-likeness (QED) is 0.819. The highest BCUT2D eigenvalue weighted by molar-refractivity contribution is 7.98. The molecule has 2 rings (SSSR count). The number of ether oxygens (including phenoxy) is 1. The van der Waals surface area contributed by atoms with Gasteiger partial charge in [0.05, 0.1) is 12.7 Å². The standard InChI is InChI=1S/C16H21NO4S/c1-16(19,7-8-22-3)10-17-15(18)13-9-11-5-4-6-12(20-2)14(11)21-13/h4-6,9,19H,7-8,10H2,1-3H3,(H,17,18)/t16-/m0/s1. The lowest BCUT2D eigenvalue weighted by Crippen LogP contribution is -2.40. The smallest absolute Gasteiger partial charge is 0.287 e. The van der Waals surface area contributed by atoms with E-state index in [2.05, 4.69) is 5.32 Å². The summed E-state index contributed by atoms with van der Waals surface area (Å²) in [6.45, 7) is 1.89. The van der Waals surface area contributed by atoms with Crippen molar-refractivity contribution in [3.8, 4) is 5.75 Å². The van der Waals surface area contributed by atoms with Crippen molar-refractivity contribution in [1.82, 2.24) is 5.32 Å². The van der Waals surface area contributed by atoms with Gasteiger partial charge >= 0.3 is 0 Å². The van der Waals surface area contributed by atoms with Crippen LogP contribution in [0.15, 0.2) is 28.7 Å². The van der Waals surface area contributed by atoms with Crippen molar-refractivity contribution >= 4 is 28.6 Å². The van der Waals surface area contributed by atoms with Gasteiger partial charge in [-0.15, -0.1) is 0 Å². The van der Waals surface area contributed by atoms with Crippen LogP contribution in [0.4, 0.5) is 0 Å². The molecule has 1 aromatic carbocycles. The van der Waals surface area contributed by atoms with Crippen molar-refractivity contribution in [1.29, 1.82) is 0 Å². The fraction of sp³-hybridized carbons (Fsp3) is 0.438. The highest BCUT2D eigenvalue weighted by Crippen LogP contribution is 2.28. The molecule has 2 N–H and O–H groups in total. The maximum absolute atomic E-state index is 12.2. The Labute approximate surface area is 134 Å². The Kier molecular flexibility index (Phi) is 5.37. The Bertz CT molecular complexity index is 651. The summed E-state index contributed by atoms with van der Waals surface area (Å²) in [6.07, 6.45) is 2.60. The second-order valence-electron chi connectivity index (χ2n) is 5.41. The van der Waals surface area contributed by atoms with Crippen LogP contribution in [0.5, 0.6) is 5.75 Å². The predicted molar refractivity (Wildman–Crippen MR) is 88.7 cm³/mol. The van der Waals surface area contributed by atoms with Gasteiger partial charge in [-0.3, -0.25) is 4.79 Å². The maximum Gasteiger partial charge on any atom is 0.287 e. The van der Waals surface area contributed by atoms with Crippen LogP contribution in [0.3, 0.4) is 0 Å². The molecule has 1 aromatic heterocycles. The highest BCUT2D eigenvalue weighted by Gasteiger charge is 2.22. The SMILES string of the molecule is COc1cccc2cc(C(=O)NC[C@@](C)(O)CCSC)oc12. The summed E-state index contributed by atoms with van der Waals surface area (Å²) in [5.74, 6) is 1.29.